The van der Waals surface area contributed by atoms with Gasteiger partial charge in [-0.25, -0.2) is 0 Å². The van der Waals surface area contributed by atoms with Crippen LogP contribution in [0.1, 0.15) is 65.1 Å². The number of carbonyl (C=O) groups excluding carboxylic acids is 1. The van der Waals surface area contributed by atoms with Crippen molar-refractivity contribution in [1.82, 2.24) is 0 Å². The first kappa shape index (κ1) is 21.4. The van der Waals surface area contributed by atoms with Crippen LogP contribution in [0, 0.1) is 0 Å². The van der Waals surface area contributed by atoms with Gasteiger partial charge >= 0.3 is 0 Å². The van der Waals surface area contributed by atoms with E-state index < -0.39 is 0 Å². The molecule has 3 aromatic rings. The molecule has 3 heteroatoms. The second-order valence-corrected chi connectivity index (χ2v) is 8.58. The van der Waals surface area contributed by atoms with Crippen LogP contribution in [0.25, 0.3) is 6.08 Å². The molecule has 0 saturated heterocycles. The van der Waals surface area contributed by atoms with Crippen molar-refractivity contribution >= 4 is 23.5 Å². The van der Waals surface area contributed by atoms with Gasteiger partial charge in [-0.05, 0) is 65.8 Å². The van der Waals surface area contributed by atoms with Crippen molar-refractivity contribution in [2.75, 3.05) is 0 Å². The van der Waals surface area contributed by atoms with Crippen LogP contribution in [0.3, 0.4) is 0 Å². The summed E-state index contributed by atoms with van der Waals surface area (Å²) in [6.07, 6.45) is 10.0. The Labute approximate surface area is 189 Å². The predicted octanol–water partition coefficient (Wildman–Crippen LogP) is 7.86. The Bertz CT molecular complexity index is 1010. The molecule has 0 unspecified atom stereocenters. The van der Waals surface area contributed by atoms with Crippen LogP contribution in [0.2, 0.25) is 5.02 Å². The lowest BCUT2D eigenvalue weighted by molar-refractivity contribution is 0.104. The minimum absolute atomic E-state index is 0.0262. The molecule has 0 aromatic heterocycles. The lowest BCUT2D eigenvalue weighted by Crippen LogP contribution is -2.05. The number of allylic oxidation sites excluding steroid dienone is 1. The van der Waals surface area contributed by atoms with E-state index in [2.05, 4.69) is 12.1 Å². The summed E-state index contributed by atoms with van der Waals surface area (Å²) < 4.78 is 5.81. The zero-order valence-corrected chi connectivity index (χ0v) is 18.4. The average Bonchev–Trinajstić information content (AvgIpc) is 2.83. The smallest absolute Gasteiger partial charge is 0.185 e. The van der Waals surface area contributed by atoms with Crippen LogP contribution in [0.4, 0.5) is 0 Å². The maximum atomic E-state index is 12.5. The largest absolute Gasteiger partial charge is 0.489 e. The normalized spacial score (nSPS) is 14.6. The number of hydrogen-bond acceptors (Lipinski definition) is 2. The minimum Gasteiger partial charge on any atom is -0.489 e. The third-order valence-electron chi connectivity index (χ3n) is 5.90. The summed E-state index contributed by atoms with van der Waals surface area (Å²) in [5.41, 5.74) is 4.13. The Hall–Kier alpha value is -2.84. The number of ether oxygens (including phenoxy) is 1. The molecule has 0 aliphatic heterocycles. The highest BCUT2D eigenvalue weighted by Gasteiger charge is 2.15. The first-order valence-electron chi connectivity index (χ1n) is 11.0. The van der Waals surface area contributed by atoms with Gasteiger partial charge in [-0.15, -0.1) is 0 Å². The number of rotatable bonds is 7. The van der Waals surface area contributed by atoms with Crippen molar-refractivity contribution in [2.45, 2.75) is 44.6 Å². The van der Waals surface area contributed by atoms with Crippen LogP contribution in [0.5, 0.6) is 5.75 Å². The van der Waals surface area contributed by atoms with E-state index in [1.807, 2.05) is 66.7 Å². The first-order valence-corrected chi connectivity index (χ1v) is 11.3. The van der Waals surface area contributed by atoms with Crippen molar-refractivity contribution in [2.24, 2.45) is 0 Å². The molecule has 0 amide bonds. The van der Waals surface area contributed by atoms with Crippen LogP contribution < -0.4 is 4.74 Å². The molecule has 158 valence electrons. The number of benzene rings is 3. The van der Waals surface area contributed by atoms with E-state index in [1.54, 1.807) is 6.08 Å². The molecule has 3 aromatic carbocycles. The fourth-order valence-electron chi connectivity index (χ4n) is 4.05. The summed E-state index contributed by atoms with van der Waals surface area (Å²) in [6, 6.07) is 23.5. The molecule has 31 heavy (non-hydrogen) atoms. The van der Waals surface area contributed by atoms with Gasteiger partial charge in [-0.1, -0.05) is 85.5 Å². The highest BCUT2D eigenvalue weighted by molar-refractivity contribution is 6.30. The zero-order valence-electron chi connectivity index (χ0n) is 17.6. The van der Waals surface area contributed by atoms with Gasteiger partial charge in [0.2, 0.25) is 0 Å². The van der Waals surface area contributed by atoms with Crippen molar-refractivity contribution in [3.05, 3.63) is 106 Å². The molecule has 0 N–H and O–H groups in total. The maximum Gasteiger partial charge on any atom is 0.185 e. The third-order valence-corrected chi connectivity index (χ3v) is 6.15. The number of hydrogen-bond donors (Lipinski definition) is 0. The minimum atomic E-state index is 0.0262. The topological polar surface area (TPSA) is 26.3 Å². The average molecular weight is 431 g/mol. The van der Waals surface area contributed by atoms with Gasteiger partial charge < -0.3 is 4.74 Å². The summed E-state index contributed by atoms with van der Waals surface area (Å²) in [6.45, 7) is 0.488. The van der Waals surface area contributed by atoms with Crippen molar-refractivity contribution < 1.29 is 9.53 Å². The number of carbonyl (C=O) groups is 1. The van der Waals surface area contributed by atoms with Gasteiger partial charge in [0.1, 0.15) is 12.4 Å². The molecule has 0 spiro atoms. The van der Waals surface area contributed by atoms with Crippen LogP contribution >= 0.6 is 11.6 Å². The Balaban J connectivity index is 1.31. The molecule has 2 nitrogen and oxygen atoms in total. The molecule has 0 bridgehead atoms. The van der Waals surface area contributed by atoms with E-state index in [0.717, 1.165) is 27.5 Å². The molecule has 1 saturated carbocycles. The lowest BCUT2D eigenvalue weighted by atomic mass is 9.84. The fourth-order valence-corrected chi connectivity index (χ4v) is 4.17. The van der Waals surface area contributed by atoms with Gasteiger partial charge in [0.05, 0.1) is 0 Å². The highest BCUT2D eigenvalue weighted by Crippen LogP contribution is 2.32. The monoisotopic (exact) mass is 430 g/mol. The summed E-state index contributed by atoms with van der Waals surface area (Å²) in [7, 11) is 0. The predicted molar refractivity (Wildman–Crippen MR) is 128 cm³/mol. The molecule has 0 radical (unpaired) electrons. The van der Waals surface area contributed by atoms with E-state index in [-0.39, 0.29) is 5.78 Å². The second kappa shape index (κ2) is 10.5. The Kier molecular flexibility index (Phi) is 7.22. The van der Waals surface area contributed by atoms with Gasteiger partial charge in [-0.2, -0.15) is 0 Å². The molecule has 1 fully saturated rings. The third kappa shape index (κ3) is 6.08. The quantitative estimate of drug-likeness (QED) is 0.281. The van der Waals surface area contributed by atoms with Crippen LogP contribution in [0.15, 0.2) is 78.9 Å². The molecule has 0 heterocycles. The second-order valence-electron chi connectivity index (χ2n) is 8.14. The fraction of sp³-hybridized carbons (Fsp3) is 0.250. The Morgan fingerprint density at radius 2 is 1.55 bits per heavy atom. The van der Waals surface area contributed by atoms with Gasteiger partial charge in [-0.3, -0.25) is 4.79 Å². The maximum absolute atomic E-state index is 12.5. The van der Waals surface area contributed by atoms with E-state index in [0.29, 0.717) is 12.5 Å². The van der Waals surface area contributed by atoms with Gasteiger partial charge in [0.25, 0.3) is 0 Å². The van der Waals surface area contributed by atoms with E-state index in [9.17, 15) is 4.79 Å². The molecule has 0 atom stereocenters. The van der Waals surface area contributed by atoms with Crippen LogP contribution in [-0.2, 0) is 6.61 Å². The SMILES string of the molecule is O=C(C=Cc1ccc(OCc2ccc(Cl)cc2)cc1)c1ccc(C2CCCCC2)cc1. The number of ketones is 1. The molecular weight excluding hydrogens is 404 g/mol. The lowest BCUT2D eigenvalue weighted by Gasteiger charge is -2.21. The van der Waals surface area contributed by atoms with E-state index in [1.165, 1.54) is 37.7 Å². The molecule has 4 rings (SSSR count). The highest BCUT2D eigenvalue weighted by atomic mass is 35.5. The van der Waals surface area contributed by atoms with E-state index >= 15 is 0 Å². The molecule has 1 aliphatic carbocycles. The summed E-state index contributed by atoms with van der Waals surface area (Å²) >= 11 is 5.91. The summed E-state index contributed by atoms with van der Waals surface area (Å²) in [5, 5.41) is 0.717. The van der Waals surface area contributed by atoms with Crippen LogP contribution in [-0.4, -0.2) is 5.78 Å². The van der Waals surface area contributed by atoms with Gasteiger partial charge in [0, 0.05) is 10.6 Å². The zero-order chi connectivity index (χ0) is 21.5. The molecular formula is C28H27ClO2. The Morgan fingerprint density at radius 1 is 0.871 bits per heavy atom. The first-order chi connectivity index (χ1) is 15.2. The Morgan fingerprint density at radius 3 is 2.23 bits per heavy atom. The molecule has 1 aliphatic rings. The van der Waals surface area contributed by atoms with Gasteiger partial charge in [0.15, 0.2) is 5.78 Å². The standard InChI is InChI=1S/C28H27ClO2/c29-26-15-6-22(7-16-26)20-31-27-17-8-21(9-18-27)10-19-28(30)25-13-11-24(12-14-25)23-4-2-1-3-5-23/h6-19,23H,1-5,20H2. The number of halogens is 1. The van der Waals surface area contributed by atoms with Crippen molar-refractivity contribution in [3.63, 3.8) is 0 Å². The van der Waals surface area contributed by atoms with E-state index in [4.69, 9.17) is 16.3 Å². The van der Waals surface area contributed by atoms with Crippen molar-refractivity contribution in [3.8, 4) is 5.75 Å². The van der Waals surface area contributed by atoms with Crippen molar-refractivity contribution in [1.29, 1.82) is 0 Å². The summed E-state index contributed by atoms with van der Waals surface area (Å²) in [4.78, 5) is 12.5. The summed E-state index contributed by atoms with van der Waals surface area (Å²) in [5.74, 6) is 1.48.